The van der Waals surface area contributed by atoms with Crippen molar-refractivity contribution in [2.45, 2.75) is 51.4 Å². The van der Waals surface area contributed by atoms with Crippen LogP contribution >= 0.6 is 11.3 Å². The van der Waals surface area contributed by atoms with Crippen molar-refractivity contribution >= 4 is 45.2 Å². The number of amides is 2. The maximum atomic E-state index is 12.7. The zero-order valence-corrected chi connectivity index (χ0v) is 24.8. The molecule has 0 aromatic heterocycles. The van der Waals surface area contributed by atoms with Gasteiger partial charge in [-0.05, 0) is 57.9 Å². The minimum Gasteiger partial charge on any atom is -0.542 e. The van der Waals surface area contributed by atoms with Gasteiger partial charge in [-0.1, -0.05) is 0 Å². The summed E-state index contributed by atoms with van der Waals surface area (Å²) in [6.45, 7) is 7.06. The van der Waals surface area contributed by atoms with Crippen LogP contribution in [0.25, 0.3) is 20.8 Å². The molecule has 42 heavy (non-hydrogen) atoms. The zero-order valence-electron chi connectivity index (χ0n) is 24.0. The molecule has 1 aliphatic carbocycles. The molecule has 1 fully saturated rings. The number of fused-ring (bicyclic) bond motifs is 2. The molecule has 0 saturated carbocycles. The molecule has 2 heterocycles. The maximum absolute atomic E-state index is 12.7. The van der Waals surface area contributed by atoms with E-state index < -0.39 is 29.9 Å². The molecule has 2 amide bonds. The Balaban J connectivity index is 0.000000616. The minimum absolute atomic E-state index is 0.136. The Morgan fingerprint density at radius 2 is 1.81 bits per heavy atom. The van der Waals surface area contributed by atoms with E-state index in [4.69, 9.17) is 19.6 Å². The lowest BCUT2D eigenvalue weighted by atomic mass is 10.2. The van der Waals surface area contributed by atoms with Gasteiger partial charge in [-0.2, -0.15) is 13.2 Å². The number of hydrogen-bond donors (Lipinski definition) is 2. The van der Waals surface area contributed by atoms with E-state index in [1.165, 1.54) is 4.90 Å². The van der Waals surface area contributed by atoms with Crippen molar-refractivity contribution in [3.05, 3.63) is 41.8 Å². The van der Waals surface area contributed by atoms with E-state index in [0.717, 1.165) is 38.3 Å². The second-order valence-electron chi connectivity index (χ2n) is 10.8. The van der Waals surface area contributed by atoms with Gasteiger partial charge in [0.25, 0.3) is 0 Å². The Morgan fingerprint density at radius 3 is 2.43 bits per heavy atom. The van der Waals surface area contributed by atoms with Crippen molar-refractivity contribution in [2.75, 3.05) is 39.0 Å². The molecule has 1 aromatic carbocycles. The largest absolute Gasteiger partial charge is 0.542 e. The van der Waals surface area contributed by atoms with Gasteiger partial charge >= 0.3 is 12.3 Å². The number of halogens is 3. The number of benzene rings is 2. The topological polar surface area (TPSA) is 127 Å². The van der Waals surface area contributed by atoms with Gasteiger partial charge in [0.1, 0.15) is 31.7 Å². The second kappa shape index (κ2) is 13.4. The molecule has 10 nitrogen and oxygen atoms in total. The van der Waals surface area contributed by atoms with E-state index in [9.17, 15) is 22.8 Å². The number of carbonyl (C=O) groups excluding carboxylic acids is 3. The number of alkyl halides is 3. The monoisotopic (exact) mass is 609 g/mol. The third-order valence-corrected chi connectivity index (χ3v) is 7.14. The summed E-state index contributed by atoms with van der Waals surface area (Å²) < 4.78 is 40.2. The Kier molecular flexibility index (Phi) is 10.4. The molecule has 1 atom stereocenters. The number of likely N-dealkylation sites (tertiary alicyclic amines) is 1. The molecule has 4 rings (SSSR count). The fourth-order valence-corrected chi connectivity index (χ4v) is 5.13. The standard InChI is InChI=1S/C26H33N5O3S.C2HF3O2/c1-26(2,3)34-25(33)31-14-6-7-21(31)24(32)28-13-12-27-17-8-10-19-22(15-17)35-23-16-18(30(4)5)9-11-20(23)29-19;3-2(4,5)1(6)7/h8-11,15-16,21H,6-7,12-14H2,1-5H3,(H,28,32);(H,6,7)/t21-;/m0./s1. The van der Waals surface area contributed by atoms with Gasteiger partial charge in [-0.15, -0.1) is 11.3 Å². The molecular weight excluding hydrogens is 575 g/mol. The van der Waals surface area contributed by atoms with E-state index in [2.05, 4.69) is 39.5 Å². The average molecular weight is 610 g/mol. The molecular formula is C28H34F3N5O5S. The third kappa shape index (κ3) is 9.03. The van der Waals surface area contributed by atoms with Crippen LogP contribution in [-0.4, -0.2) is 79.4 Å². The van der Waals surface area contributed by atoms with Crippen LogP contribution in [0.4, 0.5) is 23.7 Å². The Bertz CT molecular complexity index is 1480. The van der Waals surface area contributed by atoms with E-state index in [1.54, 1.807) is 11.3 Å². The smallest absolute Gasteiger partial charge is 0.430 e. The highest BCUT2D eigenvalue weighted by Gasteiger charge is 2.36. The molecule has 228 valence electrons. The van der Waals surface area contributed by atoms with Crippen molar-refractivity contribution < 1.29 is 37.4 Å². The van der Waals surface area contributed by atoms with E-state index >= 15 is 0 Å². The molecule has 2 aliphatic heterocycles. The Hall–Kier alpha value is -3.94. The average Bonchev–Trinajstić information content (AvgIpc) is 3.39. The number of nitrogens with one attached hydrogen (secondary N) is 2. The van der Waals surface area contributed by atoms with Gasteiger partial charge < -0.3 is 25.3 Å². The van der Waals surface area contributed by atoms with Crippen LogP contribution in [0.15, 0.2) is 36.4 Å². The highest BCUT2D eigenvalue weighted by Crippen LogP contribution is 2.31. The summed E-state index contributed by atoms with van der Waals surface area (Å²) in [7, 11) is 4.06. The number of aliphatic carboxylic acids is 1. The lowest BCUT2D eigenvalue weighted by Gasteiger charge is -2.28. The van der Waals surface area contributed by atoms with Gasteiger partial charge in [0, 0.05) is 37.5 Å². The number of anilines is 1. The number of aromatic nitrogens is 1. The van der Waals surface area contributed by atoms with Crippen LogP contribution in [-0.2, 0) is 14.3 Å². The van der Waals surface area contributed by atoms with Crippen molar-refractivity contribution in [1.82, 2.24) is 19.8 Å². The number of carbonyl (C=O) groups is 3. The molecule has 0 unspecified atom stereocenters. The molecule has 3 aliphatic rings. The highest BCUT2D eigenvalue weighted by atomic mass is 32.1. The van der Waals surface area contributed by atoms with Gasteiger partial charge in [0.2, 0.25) is 11.3 Å². The molecule has 1 saturated heterocycles. The molecule has 0 bridgehead atoms. The van der Waals surface area contributed by atoms with Crippen molar-refractivity contribution in [2.24, 2.45) is 0 Å². The van der Waals surface area contributed by atoms with Gasteiger partial charge in [0.15, 0.2) is 0 Å². The third-order valence-electron chi connectivity index (χ3n) is 6.05. The summed E-state index contributed by atoms with van der Waals surface area (Å²) in [6, 6.07) is 11.9. The SMILES string of the molecule is C[N+](C)=c1ccc2nc3ccc(NCCNC(=O)[C@@H]4CCCN4C(=O)OC(C)(C)C)cc3sc-2c1.O=C([O-])C(F)(F)F. The quantitative estimate of drug-likeness (QED) is 0.259. The van der Waals surface area contributed by atoms with Crippen LogP contribution in [0, 0.1) is 0 Å². The summed E-state index contributed by atoms with van der Waals surface area (Å²) in [5.41, 5.74) is 2.34. The van der Waals surface area contributed by atoms with Crippen LogP contribution in [0.1, 0.15) is 33.6 Å². The fraction of sp³-hybridized carbons (Fsp3) is 0.464. The summed E-state index contributed by atoms with van der Waals surface area (Å²) in [5, 5.41) is 16.3. The van der Waals surface area contributed by atoms with E-state index in [0.29, 0.717) is 26.1 Å². The first kappa shape index (κ1) is 32.6. The first-order chi connectivity index (χ1) is 19.5. The summed E-state index contributed by atoms with van der Waals surface area (Å²) in [4.78, 5) is 41.4. The maximum Gasteiger partial charge on any atom is 0.430 e. The number of carboxylic acids is 1. The van der Waals surface area contributed by atoms with Gasteiger partial charge in [-0.3, -0.25) is 9.69 Å². The normalized spacial score (nSPS) is 15.1. The number of rotatable bonds is 5. The Morgan fingerprint density at radius 1 is 1.12 bits per heavy atom. The van der Waals surface area contributed by atoms with Crippen molar-refractivity contribution in [3.8, 4) is 10.6 Å². The van der Waals surface area contributed by atoms with Crippen LogP contribution < -0.4 is 25.7 Å². The van der Waals surface area contributed by atoms with Crippen LogP contribution in [0.3, 0.4) is 0 Å². The van der Waals surface area contributed by atoms with Gasteiger partial charge in [-0.25, -0.2) is 14.4 Å². The van der Waals surface area contributed by atoms with Gasteiger partial charge in [0.05, 0.1) is 20.8 Å². The number of nitrogens with zero attached hydrogens (tertiary/aromatic N) is 3. The Labute approximate surface area is 245 Å². The number of carboxylic acid groups (broad SMARTS) is 1. The van der Waals surface area contributed by atoms with E-state index in [1.807, 2.05) is 47.0 Å². The van der Waals surface area contributed by atoms with Crippen molar-refractivity contribution in [3.63, 3.8) is 0 Å². The summed E-state index contributed by atoms with van der Waals surface area (Å²) >= 11 is 1.72. The number of ether oxygens (including phenoxy) is 1. The van der Waals surface area contributed by atoms with Crippen LogP contribution in [0.5, 0.6) is 0 Å². The molecule has 14 heteroatoms. The second-order valence-corrected chi connectivity index (χ2v) is 11.9. The number of hydrogen-bond acceptors (Lipinski definition) is 8. The summed E-state index contributed by atoms with van der Waals surface area (Å²) in [6.07, 6.45) is -4.17. The van der Waals surface area contributed by atoms with Crippen molar-refractivity contribution in [1.29, 1.82) is 0 Å². The van der Waals surface area contributed by atoms with E-state index in [-0.39, 0.29) is 5.91 Å². The first-order valence-corrected chi connectivity index (χ1v) is 14.0. The molecule has 2 N–H and O–H groups in total. The predicted octanol–water partition coefficient (Wildman–Crippen LogP) is 2.66. The fourth-order valence-electron chi connectivity index (χ4n) is 4.09. The molecule has 0 radical (unpaired) electrons. The van der Waals surface area contributed by atoms with Crippen LogP contribution in [0.2, 0.25) is 0 Å². The lowest BCUT2D eigenvalue weighted by molar-refractivity contribution is -0.344. The predicted molar refractivity (Wildman–Crippen MR) is 152 cm³/mol. The molecule has 0 spiro atoms. The first-order valence-electron chi connectivity index (χ1n) is 13.2. The minimum atomic E-state index is -5.19. The zero-order chi connectivity index (χ0) is 31.2. The highest BCUT2D eigenvalue weighted by molar-refractivity contribution is 7.21. The lowest BCUT2D eigenvalue weighted by Crippen LogP contribution is -2.48. The summed E-state index contributed by atoms with van der Waals surface area (Å²) in [5.74, 6) is -3.14. The molecule has 1 aromatic rings.